The maximum atomic E-state index is 5.81. The summed E-state index contributed by atoms with van der Waals surface area (Å²) in [6, 6.07) is 0. The minimum Gasteiger partial charge on any atom is -0.373 e. The zero-order valence-corrected chi connectivity index (χ0v) is 8.29. The average Bonchev–Trinajstić information content (AvgIpc) is 2.64. The highest BCUT2D eigenvalue weighted by Crippen LogP contribution is 2.27. The van der Waals surface area contributed by atoms with Gasteiger partial charge in [-0.05, 0) is 31.4 Å². The zero-order valence-electron chi connectivity index (χ0n) is 7.53. The van der Waals surface area contributed by atoms with Gasteiger partial charge < -0.3 is 9.30 Å². The van der Waals surface area contributed by atoms with Crippen molar-refractivity contribution >= 4 is 11.6 Å². The van der Waals surface area contributed by atoms with Crippen molar-refractivity contribution < 1.29 is 4.74 Å². The van der Waals surface area contributed by atoms with Crippen molar-refractivity contribution in [1.82, 2.24) is 14.8 Å². The van der Waals surface area contributed by atoms with Crippen LogP contribution in [0.5, 0.6) is 0 Å². The average molecular weight is 202 g/mol. The normalized spacial score (nSPS) is 28.2. The summed E-state index contributed by atoms with van der Waals surface area (Å²) in [5.74, 6) is 0. The minimum absolute atomic E-state index is 0.0913. The molecule has 0 saturated carbocycles. The van der Waals surface area contributed by atoms with Gasteiger partial charge in [-0.2, -0.15) is 0 Å². The number of hydrogen-bond donors (Lipinski definition) is 0. The lowest BCUT2D eigenvalue weighted by molar-refractivity contribution is 0.00620. The second kappa shape index (κ2) is 3.27. The van der Waals surface area contributed by atoms with Gasteiger partial charge in [-0.25, -0.2) is 0 Å². The van der Waals surface area contributed by atoms with E-state index in [9.17, 15) is 0 Å². The fraction of sp³-hybridized carbons (Fsp3) is 0.750. The Balaban J connectivity index is 2.09. The molecule has 1 atom stereocenters. The molecule has 0 spiro atoms. The summed E-state index contributed by atoms with van der Waals surface area (Å²) in [7, 11) is 0. The summed E-state index contributed by atoms with van der Waals surface area (Å²) in [6.45, 7) is 3.67. The summed E-state index contributed by atoms with van der Waals surface area (Å²) in [5.41, 5.74) is -0.0913. The van der Waals surface area contributed by atoms with E-state index in [0.29, 0.717) is 5.28 Å². The molecule has 0 bridgehead atoms. The number of aromatic nitrogens is 3. The Morgan fingerprint density at radius 2 is 2.62 bits per heavy atom. The lowest BCUT2D eigenvalue weighted by Gasteiger charge is -2.23. The van der Waals surface area contributed by atoms with Crippen molar-refractivity contribution in [3.63, 3.8) is 0 Å². The molecule has 2 heterocycles. The number of ether oxygens (including phenoxy) is 1. The molecule has 1 aliphatic rings. The second-order valence-corrected chi connectivity index (χ2v) is 3.97. The first kappa shape index (κ1) is 8.97. The number of nitrogens with zero attached hydrogens (tertiary/aromatic N) is 3. The molecule has 1 unspecified atom stereocenters. The molecule has 5 heteroatoms. The molecule has 1 aromatic rings. The van der Waals surface area contributed by atoms with Crippen molar-refractivity contribution in [2.75, 3.05) is 6.61 Å². The predicted molar refractivity (Wildman–Crippen MR) is 48.6 cm³/mol. The molecule has 1 saturated heterocycles. The Kier molecular flexibility index (Phi) is 2.26. The summed E-state index contributed by atoms with van der Waals surface area (Å²) in [4.78, 5) is 0. The monoisotopic (exact) mass is 201 g/mol. The first-order valence-corrected chi connectivity index (χ1v) is 4.75. The highest BCUT2D eigenvalue weighted by atomic mass is 35.5. The van der Waals surface area contributed by atoms with Gasteiger partial charge >= 0.3 is 0 Å². The van der Waals surface area contributed by atoms with Crippen molar-refractivity contribution in [2.24, 2.45) is 0 Å². The Morgan fingerprint density at radius 3 is 3.15 bits per heavy atom. The fourth-order valence-corrected chi connectivity index (χ4v) is 1.82. The van der Waals surface area contributed by atoms with Crippen molar-refractivity contribution in [1.29, 1.82) is 0 Å². The van der Waals surface area contributed by atoms with E-state index in [4.69, 9.17) is 16.3 Å². The zero-order chi connectivity index (χ0) is 9.31. The van der Waals surface area contributed by atoms with Gasteiger partial charge in [0.05, 0.1) is 12.1 Å². The van der Waals surface area contributed by atoms with Crippen LogP contribution in [0.4, 0.5) is 0 Å². The van der Waals surface area contributed by atoms with Gasteiger partial charge in [-0.1, -0.05) is 0 Å². The van der Waals surface area contributed by atoms with Crippen LogP contribution in [0.25, 0.3) is 0 Å². The van der Waals surface area contributed by atoms with Gasteiger partial charge in [0.25, 0.3) is 0 Å². The van der Waals surface area contributed by atoms with Crippen molar-refractivity contribution in [3.8, 4) is 0 Å². The topological polar surface area (TPSA) is 39.9 Å². The Hall–Kier alpha value is -0.610. The molecule has 2 rings (SSSR count). The van der Waals surface area contributed by atoms with E-state index >= 15 is 0 Å². The van der Waals surface area contributed by atoms with Crippen LogP contribution in [0.1, 0.15) is 19.8 Å². The summed E-state index contributed by atoms with van der Waals surface area (Å²) < 4.78 is 7.45. The second-order valence-electron chi connectivity index (χ2n) is 3.63. The highest BCUT2D eigenvalue weighted by molar-refractivity contribution is 6.28. The van der Waals surface area contributed by atoms with Crippen LogP contribution < -0.4 is 0 Å². The largest absolute Gasteiger partial charge is 0.373 e. The van der Waals surface area contributed by atoms with Crippen molar-refractivity contribution in [2.45, 2.75) is 31.9 Å². The standard InChI is InChI=1S/C8H12ClN3O/c1-8(3-2-4-13-8)5-12-6-10-11-7(12)9/h6H,2-5H2,1H3. The molecule has 13 heavy (non-hydrogen) atoms. The maximum Gasteiger partial charge on any atom is 0.224 e. The molecule has 0 N–H and O–H groups in total. The summed E-state index contributed by atoms with van der Waals surface area (Å²) in [5, 5.41) is 7.86. The fourth-order valence-electron chi connectivity index (χ4n) is 1.67. The summed E-state index contributed by atoms with van der Waals surface area (Å²) >= 11 is 5.81. The van der Waals surface area contributed by atoms with Crippen molar-refractivity contribution in [3.05, 3.63) is 11.6 Å². The quantitative estimate of drug-likeness (QED) is 0.728. The van der Waals surface area contributed by atoms with E-state index in [0.717, 1.165) is 26.0 Å². The van der Waals surface area contributed by atoms with Gasteiger partial charge in [-0.3, -0.25) is 0 Å². The van der Waals surface area contributed by atoms with Gasteiger partial charge in [0.1, 0.15) is 6.33 Å². The molecule has 1 aromatic heterocycles. The third kappa shape index (κ3) is 1.84. The number of hydrogen-bond acceptors (Lipinski definition) is 3. The Bertz CT molecular complexity index is 293. The molecule has 0 amide bonds. The molecule has 1 fully saturated rings. The molecule has 0 radical (unpaired) electrons. The third-order valence-electron chi connectivity index (χ3n) is 2.37. The molecular weight excluding hydrogens is 190 g/mol. The smallest absolute Gasteiger partial charge is 0.224 e. The SMILES string of the molecule is CC1(Cn2cnnc2Cl)CCCO1. The van der Waals surface area contributed by atoms with Crippen LogP contribution in [0.3, 0.4) is 0 Å². The van der Waals surface area contributed by atoms with Crippen LogP contribution in [0, 0.1) is 0 Å². The highest BCUT2D eigenvalue weighted by Gasteiger charge is 2.30. The number of halogens is 1. The lowest BCUT2D eigenvalue weighted by atomic mass is 10.0. The van der Waals surface area contributed by atoms with Gasteiger partial charge in [0.15, 0.2) is 0 Å². The first-order valence-electron chi connectivity index (χ1n) is 4.37. The van der Waals surface area contributed by atoms with Crippen LogP contribution in [0.15, 0.2) is 6.33 Å². The van der Waals surface area contributed by atoms with E-state index in [-0.39, 0.29) is 5.60 Å². The predicted octanol–water partition coefficient (Wildman–Crippen LogP) is 1.50. The molecule has 72 valence electrons. The van der Waals surface area contributed by atoms with Gasteiger partial charge in [0.2, 0.25) is 5.28 Å². The van der Waals surface area contributed by atoms with Gasteiger partial charge in [0, 0.05) is 6.61 Å². The van der Waals surface area contributed by atoms with E-state index < -0.39 is 0 Å². The van der Waals surface area contributed by atoms with Crippen LogP contribution in [-0.2, 0) is 11.3 Å². The van der Waals surface area contributed by atoms with Crippen LogP contribution >= 0.6 is 11.6 Å². The van der Waals surface area contributed by atoms with Crippen LogP contribution in [-0.4, -0.2) is 27.0 Å². The molecule has 0 aromatic carbocycles. The minimum atomic E-state index is -0.0913. The molecule has 0 aliphatic carbocycles. The summed E-state index contributed by atoms with van der Waals surface area (Å²) in [6.07, 6.45) is 3.83. The van der Waals surface area contributed by atoms with Crippen LogP contribution in [0.2, 0.25) is 5.28 Å². The van der Waals surface area contributed by atoms with Gasteiger partial charge in [-0.15, -0.1) is 10.2 Å². The molecule has 1 aliphatic heterocycles. The maximum absolute atomic E-state index is 5.81. The lowest BCUT2D eigenvalue weighted by Crippen LogP contribution is -2.29. The number of rotatable bonds is 2. The van der Waals surface area contributed by atoms with E-state index in [1.807, 2.05) is 4.57 Å². The van der Waals surface area contributed by atoms with E-state index in [1.165, 1.54) is 0 Å². The molecule has 4 nitrogen and oxygen atoms in total. The van der Waals surface area contributed by atoms with E-state index in [1.54, 1.807) is 6.33 Å². The molecular formula is C8H12ClN3O. The first-order chi connectivity index (χ1) is 6.20. The Labute approximate surface area is 81.9 Å². The van der Waals surface area contributed by atoms with E-state index in [2.05, 4.69) is 17.1 Å². The Morgan fingerprint density at radius 1 is 1.77 bits per heavy atom. The third-order valence-corrected chi connectivity index (χ3v) is 2.67.